The molecule has 0 saturated heterocycles. The van der Waals surface area contributed by atoms with Crippen LogP contribution in [0.4, 0.5) is 5.00 Å². The zero-order valence-electron chi connectivity index (χ0n) is 19.4. The number of thiocarbonyl (C=S) groups is 1. The minimum atomic E-state index is -0.376. The van der Waals surface area contributed by atoms with Crippen LogP contribution in [0.2, 0.25) is 0 Å². The molecule has 8 heteroatoms. The summed E-state index contributed by atoms with van der Waals surface area (Å²) in [6.45, 7) is 6.07. The number of aryl methyl sites for hydroxylation is 1. The minimum Gasteiger partial charge on any atom is -0.493 e. The number of hydrogen-bond donors (Lipinski definition) is 2. The van der Waals surface area contributed by atoms with Crippen LogP contribution in [0.3, 0.4) is 0 Å². The van der Waals surface area contributed by atoms with E-state index in [0.717, 1.165) is 21.6 Å². The number of carbonyl (C=O) groups excluding carboxylic acids is 1. The first-order valence-electron chi connectivity index (χ1n) is 10.5. The highest BCUT2D eigenvalue weighted by Crippen LogP contribution is 2.40. The van der Waals surface area contributed by atoms with Gasteiger partial charge in [0.1, 0.15) is 10.6 Å². The molecule has 0 amide bonds. The predicted octanol–water partition coefficient (Wildman–Crippen LogP) is 5.97. The average Bonchev–Trinajstić information content (AvgIpc) is 3.14. The number of methoxy groups -OCH3 is 2. The lowest BCUT2D eigenvalue weighted by molar-refractivity contribution is 0.0529. The van der Waals surface area contributed by atoms with Crippen LogP contribution in [0, 0.1) is 6.92 Å². The van der Waals surface area contributed by atoms with Crippen LogP contribution >= 0.6 is 23.6 Å². The Kier molecular flexibility index (Phi) is 8.30. The first-order chi connectivity index (χ1) is 15.9. The van der Waals surface area contributed by atoms with Gasteiger partial charge in [-0.1, -0.05) is 36.4 Å². The second-order valence-corrected chi connectivity index (χ2v) is 8.89. The smallest absolute Gasteiger partial charge is 0.341 e. The van der Waals surface area contributed by atoms with Crippen LogP contribution in [0.5, 0.6) is 11.5 Å². The summed E-state index contributed by atoms with van der Waals surface area (Å²) in [5, 5.41) is 7.55. The van der Waals surface area contributed by atoms with Crippen molar-refractivity contribution < 1.29 is 19.0 Å². The first-order valence-corrected chi connectivity index (χ1v) is 11.8. The van der Waals surface area contributed by atoms with Crippen LogP contribution in [-0.4, -0.2) is 31.9 Å². The summed E-state index contributed by atoms with van der Waals surface area (Å²) in [6.07, 6.45) is 0. The van der Waals surface area contributed by atoms with E-state index in [2.05, 4.69) is 10.6 Å². The molecule has 0 saturated carbocycles. The van der Waals surface area contributed by atoms with Crippen molar-refractivity contribution in [3.8, 4) is 22.6 Å². The fraction of sp³-hybridized carbons (Fsp3) is 0.280. The van der Waals surface area contributed by atoms with E-state index in [0.29, 0.717) is 33.8 Å². The monoisotopic (exact) mass is 484 g/mol. The van der Waals surface area contributed by atoms with Gasteiger partial charge in [-0.15, -0.1) is 11.3 Å². The van der Waals surface area contributed by atoms with Crippen molar-refractivity contribution in [1.29, 1.82) is 0 Å². The van der Waals surface area contributed by atoms with E-state index in [-0.39, 0.29) is 12.0 Å². The maximum absolute atomic E-state index is 12.9. The number of ether oxygens (including phenoxy) is 3. The van der Waals surface area contributed by atoms with Crippen LogP contribution in [0.1, 0.15) is 40.7 Å². The predicted molar refractivity (Wildman–Crippen MR) is 138 cm³/mol. The highest BCUT2D eigenvalue weighted by molar-refractivity contribution is 7.80. The SMILES string of the molecule is CCOC(=O)c1c(NC(=S)NC(C)c2ccc(OC)c(OC)c2)sc(C)c1-c1ccccc1. The van der Waals surface area contributed by atoms with Gasteiger partial charge in [0, 0.05) is 10.4 Å². The second-order valence-electron chi connectivity index (χ2n) is 7.26. The third-order valence-electron chi connectivity index (χ3n) is 5.11. The van der Waals surface area contributed by atoms with Crippen molar-refractivity contribution >= 4 is 39.6 Å². The van der Waals surface area contributed by atoms with Crippen molar-refractivity contribution in [2.24, 2.45) is 0 Å². The van der Waals surface area contributed by atoms with E-state index in [1.807, 2.05) is 62.4 Å². The summed E-state index contributed by atoms with van der Waals surface area (Å²) in [5.41, 5.74) is 3.29. The number of rotatable bonds is 8. The summed E-state index contributed by atoms with van der Waals surface area (Å²) >= 11 is 7.05. The standard InChI is InChI=1S/C25H28N2O4S2/c1-6-31-24(28)22-21(17-10-8-7-9-11-17)16(3)33-23(22)27-25(32)26-15(2)18-12-13-19(29-4)20(14-18)30-5/h7-15H,6H2,1-5H3,(H2,26,27,32). The lowest BCUT2D eigenvalue weighted by Gasteiger charge is -2.19. The molecule has 1 unspecified atom stereocenters. The summed E-state index contributed by atoms with van der Waals surface area (Å²) in [4.78, 5) is 13.9. The molecule has 1 heterocycles. The van der Waals surface area contributed by atoms with Gasteiger partial charge < -0.3 is 24.8 Å². The zero-order chi connectivity index (χ0) is 24.0. The van der Waals surface area contributed by atoms with Gasteiger partial charge in [-0.2, -0.15) is 0 Å². The normalized spacial score (nSPS) is 11.4. The summed E-state index contributed by atoms with van der Waals surface area (Å²) < 4.78 is 16.1. The quantitative estimate of drug-likeness (QED) is 0.302. The molecule has 2 aromatic carbocycles. The lowest BCUT2D eigenvalue weighted by atomic mass is 10.0. The Bertz CT molecular complexity index is 1130. The topological polar surface area (TPSA) is 68.8 Å². The van der Waals surface area contributed by atoms with Gasteiger partial charge in [-0.25, -0.2) is 4.79 Å². The fourth-order valence-corrected chi connectivity index (χ4v) is 4.94. The van der Waals surface area contributed by atoms with Crippen LogP contribution in [-0.2, 0) is 4.74 Å². The molecule has 2 N–H and O–H groups in total. The Morgan fingerprint density at radius 1 is 1.09 bits per heavy atom. The van der Waals surface area contributed by atoms with Gasteiger partial charge in [0.15, 0.2) is 16.6 Å². The van der Waals surface area contributed by atoms with E-state index in [4.69, 9.17) is 26.4 Å². The Morgan fingerprint density at radius 3 is 2.42 bits per heavy atom. The third kappa shape index (κ3) is 5.64. The van der Waals surface area contributed by atoms with Crippen molar-refractivity contribution in [3.05, 3.63) is 64.5 Å². The van der Waals surface area contributed by atoms with E-state index in [1.165, 1.54) is 11.3 Å². The number of carbonyl (C=O) groups is 1. The van der Waals surface area contributed by atoms with Crippen molar-refractivity contribution in [2.45, 2.75) is 26.8 Å². The highest BCUT2D eigenvalue weighted by Gasteiger charge is 2.25. The van der Waals surface area contributed by atoms with E-state index in [1.54, 1.807) is 21.1 Å². The van der Waals surface area contributed by atoms with Crippen LogP contribution in [0.15, 0.2) is 48.5 Å². The maximum atomic E-state index is 12.9. The Hall–Kier alpha value is -3.10. The molecular weight excluding hydrogens is 456 g/mol. The van der Waals surface area contributed by atoms with Gasteiger partial charge in [0.25, 0.3) is 0 Å². The lowest BCUT2D eigenvalue weighted by Crippen LogP contribution is -2.31. The molecule has 33 heavy (non-hydrogen) atoms. The van der Waals surface area contributed by atoms with E-state index in [9.17, 15) is 4.79 Å². The molecule has 3 aromatic rings. The van der Waals surface area contributed by atoms with Crippen LogP contribution in [0.25, 0.3) is 11.1 Å². The molecule has 0 spiro atoms. The van der Waals surface area contributed by atoms with Crippen molar-refractivity contribution in [2.75, 3.05) is 26.1 Å². The van der Waals surface area contributed by atoms with Gasteiger partial charge in [-0.05, 0) is 56.2 Å². The molecule has 3 rings (SSSR count). The Balaban J connectivity index is 1.85. The maximum Gasteiger partial charge on any atom is 0.341 e. The molecular formula is C25H28N2O4S2. The molecule has 174 valence electrons. The van der Waals surface area contributed by atoms with Gasteiger partial charge >= 0.3 is 5.97 Å². The van der Waals surface area contributed by atoms with E-state index >= 15 is 0 Å². The highest BCUT2D eigenvalue weighted by atomic mass is 32.1. The van der Waals surface area contributed by atoms with Gasteiger partial charge in [-0.3, -0.25) is 0 Å². The molecule has 0 aliphatic carbocycles. The van der Waals surface area contributed by atoms with Crippen molar-refractivity contribution in [3.63, 3.8) is 0 Å². The summed E-state index contributed by atoms with van der Waals surface area (Å²) in [5.74, 6) is 0.934. The number of nitrogens with one attached hydrogen (secondary N) is 2. The molecule has 0 fully saturated rings. The number of thiophene rings is 1. The third-order valence-corrected chi connectivity index (χ3v) is 6.35. The Labute approximate surface area is 203 Å². The molecule has 1 aromatic heterocycles. The number of esters is 1. The first kappa shape index (κ1) is 24.5. The molecule has 0 aliphatic heterocycles. The zero-order valence-corrected chi connectivity index (χ0v) is 21.0. The summed E-state index contributed by atoms with van der Waals surface area (Å²) in [6, 6.07) is 15.4. The van der Waals surface area contributed by atoms with Gasteiger partial charge in [0.2, 0.25) is 0 Å². The minimum absolute atomic E-state index is 0.106. The molecule has 0 bridgehead atoms. The largest absolute Gasteiger partial charge is 0.493 e. The fourth-order valence-electron chi connectivity index (χ4n) is 3.52. The van der Waals surface area contributed by atoms with Gasteiger partial charge in [0.05, 0.1) is 26.9 Å². The molecule has 1 atom stereocenters. The average molecular weight is 485 g/mol. The molecule has 0 radical (unpaired) electrons. The number of benzene rings is 2. The van der Waals surface area contributed by atoms with Crippen LogP contribution < -0.4 is 20.1 Å². The molecule has 6 nitrogen and oxygen atoms in total. The van der Waals surface area contributed by atoms with Crippen molar-refractivity contribution in [1.82, 2.24) is 5.32 Å². The molecule has 0 aliphatic rings. The second kappa shape index (κ2) is 11.2. The number of anilines is 1. The van der Waals surface area contributed by atoms with E-state index < -0.39 is 0 Å². The number of hydrogen-bond acceptors (Lipinski definition) is 6. The summed E-state index contributed by atoms with van der Waals surface area (Å²) in [7, 11) is 3.21. The Morgan fingerprint density at radius 2 is 1.79 bits per heavy atom.